The number of aromatic nitrogens is 1. The van der Waals surface area contributed by atoms with E-state index in [4.69, 9.17) is 11.6 Å². The Morgan fingerprint density at radius 2 is 1.85 bits per heavy atom. The molecule has 0 aliphatic carbocycles. The Balaban J connectivity index is 2.37. The fourth-order valence-corrected chi connectivity index (χ4v) is 1.87. The molecule has 0 saturated heterocycles. The largest absolute Gasteiger partial charge is 0.368 e. The summed E-state index contributed by atoms with van der Waals surface area (Å²) in [7, 11) is 0. The van der Waals surface area contributed by atoms with Gasteiger partial charge in [0.05, 0.1) is 10.7 Å². The van der Waals surface area contributed by atoms with Gasteiger partial charge >= 0.3 is 0 Å². The topological polar surface area (TPSA) is 37.0 Å². The van der Waals surface area contributed by atoms with Crippen molar-refractivity contribution >= 4 is 28.9 Å². The van der Waals surface area contributed by atoms with Crippen LogP contribution in [0.4, 0.5) is 26.1 Å². The van der Waals surface area contributed by atoms with Gasteiger partial charge in [-0.3, -0.25) is 0 Å². The maximum atomic E-state index is 13.8. The maximum Gasteiger partial charge on any atom is 0.169 e. The molecule has 6 heteroatoms. The second kappa shape index (κ2) is 6.05. The molecule has 2 rings (SSSR count). The van der Waals surface area contributed by atoms with Crippen LogP contribution in [-0.2, 0) is 0 Å². The van der Waals surface area contributed by atoms with Gasteiger partial charge in [-0.1, -0.05) is 17.7 Å². The predicted molar refractivity (Wildman–Crippen MR) is 77.8 cm³/mol. The third-order valence-electron chi connectivity index (χ3n) is 2.65. The summed E-state index contributed by atoms with van der Waals surface area (Å²) in [6.07, 6.45) is 0. The van der Waals surface area contributed by atoms with Gasteiger partial charge in [-0.15, -0.1) is 0 Å². The number of pyridine rings is 1. The minimum absolute atomic E-state index is 0.000163. The van der Waals surface area contributed by atoms with Crippen molar-refractivity contribution in [1.82, 2.24) is 4.98 Å². The fraction of sp³-hybridized carbons (Fsp3) is 0.214. The van der Waals surface area contributed by atoms with Gasteiger partial charge in [-0.2, -0.15) is 0 Å². The molecule has 20 heavy (non-hydrogen) atoms. The number of rotatable bonds is 4. The van der Waals surface area contributed by atoms with Gasteiger partial charge in [-0.05, 0) is 31.5 Å². The summed E-state index contributed by atoms with van der Waals surface area (Å²) in [5.74, 6) is -1.58. The van der Waals surface area contributed by atoms with E-state index in [2.05, 4.69) is 15.6 Å². The Kier molecular flexibility index (Phi) is 4.39. The minimum Gasteiger partial charge on any atom is -0.368 e. The van der Waals surface area contributed by atoms with Crippen LogP contribution >= 0.6 is 11.6 Å². The Morgan fingerprint density at radius 1 is 1.15 bits per heavy atom. The third kappa shape index (κ3) is 3.17. The number of hydrogen-bond donors (Lipinski definition) is 2. The quantitative estimate of drug-likeness (QED) is 0.872. The highest BCUT2D eigenvalue weighted by molar-refractivity contribution is 6.33. The van der Waals surface area contributed by atoms with Crippen LogP contribution in [0.25, 0.3) is 0 Å². The molecule has 1 aromatic carbocycles. The number of anilines is 3. The van der Waals surface area contributed by atoms with E-state index in [1.54, 1.807) is 19.1 Å². The van der Waals surface area contributed by atoms with Crippen molar-refractivity contribution < 1.29 is 8.78 Å². The summed E-state index contributed by atoms with van der Waals surface area (Å²) >= 11 is 6.03. The first-order valence-electron chi connectivity index (χ1n) is 6.14. The number of hydrogen-bond acceptors (Lipinski definition) is 3. The molecule has 0 aliphatic heterocycles. The summed E-state index contributed by atoms with van der Waals surface area (Å²) in [5.41, 5.74) is 1.48. The average molecular weight is 298 g/mol. The molecule has 0 bridgehead atoms. The molecule has 106 valence electrons. The van der Waals surface area contributed by atoms with E-state index in [0.717, 1.165) is 11.6 Å². The standard InChI is InChI=1S/C14H14ClF2N3/c1-3-18-13-10(16)7-11(17)14(20-13)19-12-6-8(2)4-5-9(12)15/h4-7H,3H2,1-2H3,(H2,18,19,20). The van der Waals surface area contributed by atoms with E-state index in [9.17, 15) is 8.78 Å². The average Bonchev–Trinajstić information content (AvgIpc) is 2.39. The predicted octanol–water partition coefficient (Wildman–Crippen LogP) is 4.50. The molecule has 2 aromatic rings. The highest BCUT2D eigenvalue weighted by Gasteiger charge is 2.12. The molecule has 0 aliphatic rings. The lowest BCUT2D eigenvalue weighted by Gasteiger charge is -2.12. The van der Waals surface area contributed by atoms with Gasteiger partial charge in [0.15, 0.2) is 23.3 Å². The van der Waals surface area contributed by atoms with Crippen LogP contribution in [-0.4, -0.2) is 11.5 Å². The van der Waals surface area contributed by atoms with Crippen molar-refractivity contribution in [2.45, 2.75) is 13.8 Å². The first-order chi connectivity index (χ1) is 9.51. The molecule has 0 saturated carbocycles. The SMILES string of the molecule is CCNc1nc(Nc2cc(C)ccc2Cl)c(F)cc1F. The summed E-state index contributed by atoms with van der Waals surface area (Å²) in [6.45, 7) is 4.18. The molecule has 0 radical (unpaired) electrons. The number of halogens is 3. The number of nitrogens with one attached hydrogen (secondary N) is 2. The highest BCUT2D eigenvalue weighted by atomic mass is 35.5. The van der Waals surface area contributed by atoms with Gasteiger partial charge in [-0.25, -0.2) is 13.8 Å². The summed E-state index contributed by atoms with van der Waals surface area (Å²) in [5, 5.41) is 5.95. The normalized spacial score (nSPS) is 10.4. The number of aryl methyl sites for hydroxylation is 1. The zero-order chi connectivity index (χ0) is 14.7. The first-order valence-corrected chi connectivity index (χ1v) is 6.52. The second-order valence-electron chi connectivity index (χ2n) is 4.29. The molecule has 1 aromatic heterocycles. The van der Waals surface area contributed by atoms with Crippen LogP contribution in [0.3, 0.4) is 0 Å². The van der Waals surface area contributed by atoms with Crippen molar-refractivity contribution in [3.63, 3.8) is 0 Å². The van der Waals surface area contributed by atoms with Crippen molar-refractivity contribution in [3.8, 4) is 0 Å². The number of benzene rings is 1. The van der Waals surface area contributed by atoms with E-state index in [1.807, 2.05) is 13.0 Å². The van der Waals surface area contributed by atoms with Crippen LogP contribution < -0.4 is 10.6 Å². The minimum atomic E-state index is -0.776. The summed E-state index contributed by atoms with van der Waals surface area (Å²) < 4.78 is 27.2. The van der Waals surface area contributed by atoms with Gasteiger partial charge in [0, 0.05) is 12.6 Å². The molecule has 2 N–H and O–H groups in total. The molecular formula is C14H14ClF2N3. The second-order valence-corrected chi connectivity index (χ2v) is 4.70. The Labute approximate surface area is 121 Å². The molecule has 0 spiro atoms. The lowest BCUT2D eigenvalue weighted by molar-refractivity contribution is 0.579. The van der Waals surface area contributed by atoms with Crippen LogP contribution in [0, 0.1) is 18.6 Å². The fourth-order valence-electron chi connectivity index (χ4n) is 1.71. The molecule has 0 fully saturated rings. The van der Waals surface area contributed by atoms with Crippen molar-refractivity contribution in [2.75, 3.05) is 17.2 Å². The molecule has 3 nitrogen and oxygen atoms in total. The molecule has 0 atom stereocenters. The van der Waals surface area contributed by atoms with E-state index in [1.165, 1.54) is 0 Å². The summed E-state index contributed by atoms with van der Waals surface area (Å²) in [4.78, 5) is 3.90. The molecule has 1 heterocycles. The van der Waals surface area contributed by atoms with Gasteiger partial charge in [0.25, 0.3) is 0 Å². The van der Waals surface area contributed by atoms with Crippen LogP contribution in [0.1, 0.15) is 12.5 Å². The van der Waals surface area contributed by atoms with Crippen molar-refractivity contribution in [2.24, 2.45) is 0 Å². The van der Waals surface area contributed by atoms with Crippen molar-refractivity contribution in [1.29, 1.82) is 0 Å². The van der Waals surface area contributed by atoms with E-state index in [0.29, 0.717) is 17.3 Å². The Bertz CT molecular complexity index is 632. The highest BCUT2D eigenvalue weighted by Crippen LogP contribution is 2.28. The molecule has 0 amide bonds. The van der Waals surface area contributed by atoms with Crippen LogP contribution in [0.2, 0.25) is 5.02 Å². The Morgan fingerprint density at radius 3 is 2.55 bits per heavy atom. The first kappa shape index (κ1) is 14.5. The Hall–Kier alpha value is -1.88. The number of nitrogens with zero attached hydrogens (tertiary/aromatic N) is 1. The summed E-state index contributed by atoms with van der Waals surface area (Å²) in [6, 6.07) is 6.09. The lowest BCUT2D eigenvalue weighted by atomic mass is 10.2. The third-order valence-corrected chi connectivity index (χ3v) is 2.98. The lowest BCUT2D eigenvalue weighted by Crippen LogP contribution is -2.06. The van der Waals surface area contributed by atoms with Crippen LogP contribution in [0.15, 0.2) is 24.3 Å². The van der Waals surface area contributed by atoms with Gasteiger partial charge in [0.1, 0.15) is 0 Å². The van der Waals surface area contributed by atoms with Gasteiger partial charge in [0.2, 0.25) is 0 Å². The zero-order valence-electron chi connectivity index (χ0n) is 11.1. The van der Waals surface area contributed by atoms with Gasteiger partial charge < -0.3 is 10.6 Å². The van der Waals surface area contributed by atoms with E-state index in [-0.39, 0.29) is 11.6 Å². The van der Waals surface area contributed by atoms with E-state index >= 15 is 0 Å². The molecular weight excluding hydrogens is 284 g/mol. The maximum absolute atomic E-state index is 13.8. The van der Waals surface area contributed by atoms with Crippen LogP contribution in [0.5, 0.6) is 0 Å². The monoisotopic (exact) mass is 297 g/mol. The van der Waals surface area contributed by atoms with Crippen molar-refractivity contribution in [3.05, 3.63) is 46.5 Å². The zero-order valence-corrected chi connectivity index (χ0v) is 11.9. The van der Waals surface area contributed by atoms with E-state index < -0.39 is 11.6 Å². The smallest absolute Gasteiger partial charge is 0.169 e. The molecule has 0 unspecified atom stereocenters.